The summed E-state index contributed by atoms with van der Waals surface area (Å²) in [5, 5.41) is 7.42. The van der Waals surface area contributed by atoms with E-state index in [1.165, 1.54) is 6.20 Å². The molecule has 1 saturated heterocycles. The smallest absolute Gasteiger partial charge is 0.435 e. The van der Waals surface area contributed by atoms with Crippen LogP contribution >= 0.6 is 23.2 Å². The third-order valence-corrected chi connectivity index (χ3v) is 6.29. The third-order valence-electron chi connectivity index (χ3n) is 5.66. The Labute approximate surface area is 237 Å². The van der Waals surface area contributed by atoms with Gasteiger partial charge in [-0.1, -0.05) is 29.3 Å². The zero-order valence-electron chi connectivity index (χ0n) is 23.0. The summed E-state index contributed by atoms with van der Waals surface area (Å²) in [6, 6.07) is 4.46. The van der Waals surface area contributed by atoms with Gasteiger partial charge in [0.05, 0.1) is 15.6 Å². The maximum Gasteiger partial charge on any atom is 0.435 e. The summed E-state index contributed by atoms with van der Waals surface area (Å²) in [7, 11) is 0. The Balaban J connectivity index is 1.78. The van der Waals surface area contributed by atoms with Crippen LogP contribution in [0.2, 0.25) is 10.0 Å². The molecule has 0 saturated carbocycles. The lowest BCUT2D eigenvalue weighted by atomic mass is 10.0. The second kappa shape index (κ2) is 12.0. The van der Waals surface area contributed by atoms with Gasteiger partial charge < -0.3 is 19.7 Å². The molecule has 2 amide bonds. The first-order valence-corrected chi connectivity index (χ1v) is 13.4. The molecule has 3 rings (SSSR count). The number of carbonyl (C=O) groups is 4. The maximum absolute atomic E-state index is 13.3. The number of likely N-dealkylation sites (tertiary alicyclic amines) is 1. The molecular weight excluding hydrogens is 547 g/mol. The van der Waals surface area contributed by atoms with Crippen LogP contribution in [0.4, 0.5) is 9.59 Å². The van der Waals surface area contributed by atoms with Crippen LogP contribution in [0.15, 0.2) is 24.4 Å². The molecular formula is C27H34Cl2N4O6. The highest BCUT2D eigenvalue weighted by atomic mass is 35.5. The molecule has 1 N–H and O–H groups in total. The summed E-state index contributed by atoms with van der Waals surface area (Å²) in [5.74, 6) is -0.991. The summed E-state index contributed by atoms with van der Waals surface area (Å²) >= 11 is 12.4. The highest BCUT2D eigenvalue weighted by Gasteiger charge is 2.30. The van der Waals surface area contributed by atoms with Crippen molar-refractivity contribution in [3.8, 4) is 0 Å². The lowest BCUT2D eigenvalue weighted by Gasteiger charge is -2.33. The fourth-order valence-corrected chi connectivity index (χ4v) is 4.55. The number of ether oxygens (including phenoxy) is 2. The molecule has 1 aliphatic rings. The summed E-state index contributed by atoms with van der Waals surface area (Å²) in [4.78, 5) is 53.0. The van der Waals surface area contributed by atoms with E-state index in [4.69, 9.17) is 32.7 Å². The molecule has 0 atom stereocenters. The van der Waals surface area contributed by atoms with E-state index in [1.54, 1.807) is 64.6 Å². The Morgan fingerprint density at radius 3 is 2.03 bits per heavy atom. The minimum Gasteiger partial charge on any atom is -0.444 e. The Hall–Kier alpha value is -3.11. The van der Waals surface area contributed by atoms with Crippen molar-refractivity contribution in [1.82, 2.24) is 20.0 Å². The highest BCUT2D eigenvalue weighted by molar-refractivity contribution is 6.39. The van der Waals surface area contributed by atoms with Gasteiger partial charge in [0, 0.05) is 37.3 Å². The molecule has 0 aliphatic carbocycles. The summed E-state index contributed by atoms with van der Waals surface area (Å²) in [6.45, 7) is 11.3. The van der Waals surface area contributed by atoms with Crippen molar-refractivity contribution in [3.63, 3.8) is 0 Å². The van der Waals surface area contributed by atoms with Gasteiger partial charge in [0.15, 0.2) is 11.5 Å². The van der Waals surface area contributed by atoms with Gasteiger partial charge in [-0.15, -0.1) is 0 Å². The Morgan fingerprint density at radius 1 is 0.949 bits per heavy atom. The van der Waals surface area contributed by atoms with E-state index in [-0.39, 0.29) is 39.3 Å². The molecule has 0 spiro atoms. The van der Waals surface area contributed by atoms with E-state index in [9.17, 15) is 19.2 Å². The van der Waals surface area contributed by atoms with Crippen LogP contribution in [0, 0.1) is 0 Å². The number of hydrogen-bond donors (Lipinski definition) is 1. The minimum atomic E-state index is -0.797. The second-order valence-electron chi connectivity index (χ2n) is 11.3. The molecule has 10 nitrogen and oxygen atoms in total. The molecule has 1 fully saturated rings. The van der Waals surface area contributed by atoms with Gasteiger partial charge in [-0.25, -0.2) is 9.59 Å². The van der Waals surface area contributed by atoms with Gasteiger partial charge in [0.1, 0.15) is 11.2 Å². The van der Waals surface area contributed by atoms with E-state index >= 15 is 0 Å². The molecule has 212 valence electrons. The lowest BCUT2D eigenvalue weighted by Crippen LogP contribution is -2.48. The topological polar surface area (TPSA) is 120 Å². The number of aromatic nitrogens is 2. The molecule has 1 aliphatic heterocycles. The zero-order chi connectivity index (χ0) is 29.1. The SMILES string of the molecule is CC(C)(C)OC(=O)N1CCC(NC(=O)c2nn(C(=O)OC(C)(C)C)cc2CC(=O)c2c(Cl)cccc2Cl)CC1. The van der Waals surface area contributed by atoms with Crippen molar-refractivity contribution in [3.05, 3.63) is 51.3 Å². The number of nitrogens with zero attached hydrogens (tertiary/aromatic N) is 3. The molecule has 0 radical (unpaired) electrons. The van der Waals surface area contributed by atoms with Gasteiger partial charge in [0.2, 0.25) is 0 Å². The second-order valence-corrected chi connectivity index (χ2v) is 12.2. The summed E-state index contributed by atoms with van der Waals surface area (Å²) in [6.07, 6.45) is 0.838. The van der Waals surface area contributed by atoms with E-state index in [1.807, 2.05) is 0 Å². The first-order chi connectivity index (χ1) is 18.0. The molecule has 0 bridgehead atoms. The largest absolute Gasteiger partial charge is 0.444 e. The van der Waals surface area contributed by atoms with Crippen LogP contribution in [0.3, 0.4) is 0 Å². The first-order valence-electron chi connectivity index (χ1n) is 12.6. The number of ketones is 1. The first kappa shape index (κ1) is 30.4. The van der Waals surface area contributed by atoms with E-state index in [2.05, 4.69) is 10.4 Å². The van der Waals surface area contributed by atoms with Crippen LogP contribution in [-0.4, -0.2) is 68.9 Å². The molecule has 1 aromatic carbocycles. The molecule has 1 aromatic heterocycles. The third kappa shape index (κ3) is 8.44. The Bertz CT molecular complexity index is 1230. The molecule has 0 unspecified atom stereocenters. The maximum atomic E-state index is 13.3. The number of carbonyl (C=O) groups excluding carboxylic acids is 4. The number of Topliss-reactive ketones (excluding diaryl/α,β-unsaturated/α-hetero) is 1. The number of nitrogens with one attached hydrogen (secondary N) is 1. The van der Waals surface area contributed by atoms with Crippen LogP contribution < -0.4 is 5.32 Å². The summed E-state index contributed by atoms with van der Waals surface area (Å²) in [5.41, 5.74) is -1.16. The van der Waals surface area contributed by atoms with E-state index < -0.39 is 35.1 Å². The van der Waals surface area contributed by atoms with Crippen LogP contribution in [0.5, 0.6) is 0 Å². The molecule has 39 heavy (non-hydrogen) atoms. The molecule has 2 aromatic rings. The van der Waals surface area contributed by atoms with Gasteiger partial charge in [-0.05, 0) is 66.5 Å². The Kier molecular flexibility index (Phi) is 9.33. The van der Waals surface area contributed by atoms with Crippen molar-refractivity contribution in [2.45, 2.75) is 78.0 Å². The van der Waals surface area contributed by atoms with Crippen molar-refractivity contribution in [2.75, 3.05) is 13.1 Å². The average Bonchev–Trinajstić information content (AvgIpc) is 3.21. The number of benzene rings is 1. The summed E-state index contributed by atoms with van der Waals surface area (Å²) < 4.78 is 11.7. The number of rotatable bonds is 5. The van der Waals surface area contributed by atoms with Gasteiger partial charge in [-0.3, -0.25) is 9.59 Å². The van der Waals surface area contributed by atoms with Crippen LogP contribution in [-0.2, 0) is 15.9 Å². The molecule has 2 heterocycles. The fourth-order valence-electron chi connectivity index (χ4n) is 3.94. The normalized spacial score (nSPS) is 14.6. The zero-order valence-corrected chi connectivity index (χ0v) is 24.5. The van der Waals surface area contributed by atoms with Gasteiger partial charge in [-0.2, -0.15) is 9.78 Å². The fraction of sp³-hybridized carbons (Fsp3) is 0.519. The van der Waals surface area contributed by atoms with Crippen molar-refractivity contribution in [1.29, 1.82) is 0 Å². The Morgan fingerprint density at radius 2 is 1.49 bits per heavy atom. The standard InChI is InChI=1S/C27H34Cl2N4O6/c1-26(2,3)38-24(36)32-12-10-17(11-13-32)30-23(35)22-16(15-33(31-22)25(37)39-27(4,5)6)14-20(34)21-18(28)8-7-9-19(21)29/h7-9,15,17H,10-14H2,1-6H3,(H,30,35). The number of halogens is 2. The van der Waals surface area contributed by atoms with Crippen molar-refractivity contribution >= 4 is 47.1 Å². The van der Waals surface area contributed by atoms with E-state index in [0.717, 1.165) is 4.68 Å². The molecule has 12 heteroatoms. The van der Waals surface area contributed by atoms with Crippen LogP contribution in [0.1, 0.15) is 80.8 Å². The van der Waals surface area contributed by atoms with E-state index in [0.29, 0.717) is 25.9 Å². The predicted octanol–water partition coefficient (Wildman–Crippen LogP) is 5.53. The van der Waals surface area contributed by atoms with Crippen LogP contribution in [0.25, 0.3) is 0 Å². The van der Waals surface area contributed by atoms with Crippen molar-refractivity contribution < 1.29 is 28.7 Å². The van der Waals surface area contributed by atoms with Crippen molar-refractivity contribution in [2.24, 2.45) is 0 Å². The monoisotopic (exact) mass is 580 g/mol. The number of amides is 2. The lowest BCUT2D eigenvalue weighted by molar-refractivity contribution is 0.0199. The van der Waals surface area contributed by atoms with Gasteiger partial charge >= 0.3 is 12.2 Å². The minimum absolute atomic E-state index is 0.0908. The predicted molar refractivity (Wildman–Crippen MR) is 147 cm³/mol. The number of piperidine rings is 1. The van der Waals surface area contributed by atoms with Gasteiger partial charge in [0.25, 0.3) is 5.91 Å². The quantitative estimate of drug-likeness (QED) is 0.461. The number of hydrogen-bond acceptors (Lipinski definition) is 7. The highest BCUT2D eigenvalue weighted by Crippen LogP contribution is 2.26. The average molecular weight is 581 g/mol.